The summed E-state index contributed by atoms with van der Waals surface area (Å²) in [5.74, 6) is -1.28. The van der Waals surface area contributed by atoms with Gasteiger partial charge in [-0.3, -0.25) is 4.79 Å². The Morgan fingerprint density at radius 2 is 1.94 bits per heavy atom. The van der Waals surface area contributed by atoms with Crippen LogP contribution in [0.25, 0.3) is 0 Å². The normalized spacial score (nSPS) is 11.9. The molecule has 0 fully saturated rings. The molecule has 5 nitrogen and oxygen atoms in total. The molecule has 1 rings (SSSR count). The van der Waals surface area contributed by atoms with Crippen molar-refractivity contribution in [3.63, 3.8) is 0 Å². The van der Waals surface area contributed by atoms with Crippen molar-refractivity contribution in [1.29, 1.82) is 0 Å². The highest BCUT2D eigenvalue weighted by Crippen LogP contribution is 2.04. The zero-order valence-electron chi connectivity index (χ0n) is 9.77. The Bertz CT molecular complexity index is 399. The largest absolute Gasteiger partial charge is 0.478 e. The average molecular weight is 237 g/mol. The molecule has 0 aliphatic heterocycles. The SMILES string of the molecule is COC(=O)C(C)NCc1ccc(C(=O)O)cc1. The Kier molecular flexibility index (Phi) is 4.66. The quantitative estimate of drug-likeness (QED) is 0.748. The van der Waals surface area contributed by atoms with Crippen molar-refractivity contribution in [2.45, 2.75) is 19.5 Å². The molecule has 0 saturated heterocycles. The van der Waals surface area contributed by atoms with Crippen LogP contribution in [0.4, 0.5) is 0 Å². The molecule has 17 heavy (non-hydrogen) atoms. The van der Waals surface area contributed by atoms with Crippen molar-refractivity contribution in [3.05, 3.63) is 35.4 Å². The first-order valence-electron chi connectivity index (χ1n) is 5.18. The second-order valence-electron chi connectivity index (χ2n) is 3.63. The molecule has 0 bridgehead atoms. The maximum Gasteiger partial charge on any atom is 0.335 e. The van der Waals surface area contributed by atoms with Crippen molar-refractivity contribution in [3.8, 4) is 0 Å². The summed E-state index contributed by atoms with van der Waals surface area (Å²) in [5, 5.41) is 11.7. The highest BCUT2D eigenvalue weighted by Gasteiger charge is 2.11. The van der Waals surface area contributed by atoms with E-state index in [1.54, 1.807) is 19.1 Å². The molecule has 0 heterocycles. The molecule has 1 aromatic rings. The van der Waals surface area contributed by atoms with E-state index in [0.29, 0.717) is 6.54 Å². The lowest BCUT2D eigenvalue weighted by Gasteiger charge is -2.11. The highest BCUT2D eigenvalue weighted by molar-refractivity contribution is 5.87. The average Bonchev–Trinajstić information content (AvgIpc) is 2.35. The van der Waals surface area contributed by atoms with E-state index in [-0.39, 0.29) is 17.6 Å². The van der Waals surface area contributed by atoms with Gasteiger partial charge in [-0.2, -0.15) is 0 Å². The van der Waals surface area contributed by atoms with E-state index in [2.05, 4.69) is 10.1 Å². The van der Waals surface area contributed by atoms with E-state index in [0.717, 1.165) is 5.56 Å². The highest BCUT2D eigenvalue weighted by atomic mass is 16.5. The number of carbonyl (C=O) groups excluding carboxylic acids is 1. The monoisotopic (exact) mass is 237 g/mol. The number of methoxy groups -OCH3 is 1. The number of esters is 1. The van der Waals surface area contributed by atoms with Crippen LogP contribution in [-0.2, 0) is 16.1 Å². The van der Waals surface area contributed by atoms with Gasteiger partial charge in [0, 0.05) is 6.54 Å². The molecule has 0 aliphatic carbocycles. The molecule has 0 amide bonds. The number of carboxylic acid groups (broad SMARTS) is 1. The van der Waals surface area contributed by atoms with Crippen LogP contribution in [0.2, 0.25) is 0 Å². The fourth-order valence-corrected chi connectivity index (χ4v) is 1.30. The number of ether oxygens (including phenoxy) is 1. The van der Waals surface area contributed by atoms with E-state index in [4.69, 9.17) is 5.11 Å². The van der Waals surface area contributed by atoms with Crippen LogP contribution in [0.15, 0.2) is 24.3 Å². The van der Waals surface area contributed by atoms with Crippen molar-refractivity contribution in [2.75, 3.05) is 7.11 Å². The molecule has 5 heteroatoms. The van der Waals surface area contributed by atoms with E-state index in [9.17, 15) is 9.59 Å². The molecule has 1 aromatic carbocycles. The predicted molar refractivity (Wildman–Crippen MR) is 61.7 cm³/mol. The summed E-state index contributed by atoms with van der Waals surface area (Å²) in [6.07, 6.45) is 0. The van der Waals surface area contributed by atoms with E-state index in [1.165, 1.54) is 19.2 Å². The zero-order valence-corrected chi connectivity index (χ0v) is 9.77. The summed E-state index contributed by atoms with van der Waals surface area (Å²) in [7, 11) is 1.34. The van der Waals surface area contributed by atoms with Crippen LogP contribution in [0, 0.1) is 0 Å². The third kappa shape index (κ3) is 3.88. The van der Waals surface area contributed by atoms with Gasteiger partial charge in [0.05, 0.1) is 12.7 Å². The third-order valence-electron chi connectivity index (χ3n) is 2.37. The maximum atomic E-state index is 11.1. The Labute approximate surface area is 99.4 Å². The van der Waals surface area contributed by atoms with Crippen LogP contribution in [0.1, 0.15) is 22.8 Å². The van der Waals surface area contributed by atoms with E-state index in [1.807, 2.05) is 0 Å². The predicted octanol–water partition coefficient (Wildman–Crippen LogP) is 1.04. The van der Waals surface area contributed by atoms with Gasteiger partial charge in [-0.25, -0.2) is 4.79 Å². The maximum absolute atomic E-state index is 11.1. The molecule has 0 aliphatic rings. The van der Waals surface area contributed by atoms with Gasteiger partial charge < -0.3 is 15.2 Å². The van der Waals surface area contributed by atoms with Gasteiger partial charge in [0.2, 0.25) is 0 Å². The van der Waals surface area contributed by atoms with Gasteiger partial charge in [-0.1, -0.05) is 12.1 Å². The summed E-state index contributed by atoms with van der Waals surface area (Å²) in [4.78, 5) is 21.7. The number of nitrogens with one attached hydrogen (secondary N) is 1. The van der Waals surface area contributed by atoms with Gasteiger partial charge >= 0.3 is 11.9 Å². The number of rotatable bonds is 5. The number of aromatic carboxylic acids is 1. The number of carbonyl (C=O) groups is 2. The minimum atomic E-state index is -0.951. The topological polar surface area (TPSA) is 75.6 Å². The second-order valence-corrected chi connectivity index (χ2v) is 3.63. The number of carboxylic acids is 1. The van der Waals surface area contributed by atoms with Crippen LogP contribution in [0.3, 0.4) is 0 Å². The summed E-state index contributed by atoms with van der Waals surface area (Å²) in [6, 6.07) is 6.09. The molecule has 0 spiro atoms. The van der Waals surface area contributed by atoms with Crippen molar-refractivity contribution >= 4 is 11.9 Å². The van der Waals surface area contributed by atoms with E-state index < -0.39 is 5.97 Å². The standard InChI is InChI=1S/C12H15NO4/c1-8(12(16)17-2)13-7-9-3-5-10(6-4-9)11(14)15/h3-6,8,13H,7H2,1-2H3,(H,14,15). The fourth-order valence-electron chi connectivity index (χ4n) is 1.30. The molecule has 2 N–H and O–H groups in total. The van der Waals surface area contributed by atoms with Crippen LogP contribution in [0.5, 0.6) is 0 Å². The number of hydrogen-bond acceptors (Lipinski definition) is 4. The minimum absolute atomic E-state index is 0.245. The third-order valence-corrected chi connectivity index (χ3v) is 2.37. The summed E-state index contributed by atoms with van der Waals surface area (Å²) in [6.45, 7) is 2.19. The van der Waals surface area contributed by atoms with Crippen LogP contribution in [-0.4, -0.2) is 30.2 Å². The lowest BCUT2D eigenvalue weighted by molar-refractivity contribution is -0.142. The van der Waals surface area contributed by atoms with Crippen molar-refractivity contribution in [1.82, 2.24) is 5.32 Å². The lowest BCUT2D eigenvalue weighted by atomic mass is 10.1. The van der Waals surface area contributed by atoms with Crippen LogP contribution >= 0.6 is 0 Å². The first kappa shape index (κ1) is 13.2. The van der Waals surface area contributed by atoms with Gasteiger partial charge in [-0.15, -0.1) is 0 Å². The fraction of sp³-hybridized carbons (Fsp3) is 0.333. The molecule has 1 unspecified atom stereocenters. The smallest absolute Gasteiger partial charge is 0.335 e. The molecule has 92 valence electrons. The van der Waals surface area contributed by atoms with E-state index >= 15 is 0 Å². The molecular weight excluding hydrogens is 222 g/mol. The molecule has 0 saturated carbocycles. The summed E-state index contributed by atoms with van der Waals surface area (Å²) >= 11 is 0. The summed E-state index contributed by atoms with van der Waals surface area (Å²) in [5.41, 5.74) is 1.15. The zero-order chi connectivity index (χ0) is 12.8. The first-order valence-corrected chi connectivity index (χ1v) is 5.18. The van der Waals surface area contributed by atoms with Gasteiger partial charge in [0.15, 0.2) is 0 Å². The Hall–Kier alpha value is -1.88. The lowest BCUT2D eigenvalue weighted by Crippen LogP contribution is -2.34. The van der Waals surface area contributed by atoms with Crippen LogP contribution < -0.4 is 5.32 Å². The van der Waals surface area contributed by atoms with Gasteiger partial charge in [-0.05, 0) is 24.6 Å². The molecule has 1 atom stereocenters. The second kappa shape index (κ2) is 6.00. The Balaban J connectivity index is 2.53. The molecule has 0 aromatic heterocycles. The summed E-state index contributed by atoms with van der Waals surface area (Å²) < 4.78 is 4.57. The van der Waals surface area contributed by atoms with Gasteiger partial charge in [0.1, 0.15) is 6.04 Å². The number of benzene rings is 1. The van der Waals surface area contributed by atoms with Gasteiger partial charge in [0.25, 0.3) is 0 Å². The Morgan fingerprint density at radius 3 is 2.41 bits per heavy atom. The minimum Gasteiger partial charge on any atom is -0.478 e. The first-order chi connectivity index (χ1) is 8.04. The number of hydrogen-bond donors (Lipinski definition) is 2. The Morgan fingerprint density at radius 1 is 1.35 bits per heavy atom. The molecular formula is C12H15NO4. The van der Waals surface area contributed by atoms with Crippen molar-refractivity contribution < 1.29 is 19.4 Å². The van der Waals surface area contributed by atoms with Crippen molar-refractivity contribution in [2.24, 2.45) is 0 Å². The molecule has 0 radical (unpaired) electrons.